The average molecular weight is 187 g/mol. The maximum absolute atomic E-state index is 10.4. The van der Waals surface area contributed by atoms with Crippen LogP contribution < -0.4 is 5.73 Å². The lowest BCUT2D eigenvalue weighted by atomic mass is 10.1. The van der Waals surface area contributed by atoms with Crippen LogP contribution in [0.3, 0.4) is 0 Å². The summed E-state index contributed by atoms with van der Waals surface area (Å²) in [4.78, 5) is 10.4. The van der Waals surface area contributed by atoms with Crippen LogP contribution in [-0.4, -0.2) is 22.2 Å². The Hall–Kier alpha value is -0.910. The molecule has 0 fully saturated rings. The predicted molar refractivity (Wildman–Crippen MR) is 44.9 cm³/mol. The molecule has 4 N–H and O–H groups in total. The van der Waals surface area contributed by atoms with Crippen LogP contribution in [0.15, 0.2) is 16.8 Å². The van der Waals surface area contributed by atoms with E-state index in [9.17, 15) is 9.90 Å². The van der Waals surface area contributed by atoms with Crippen molar-refractivity contribution >= 4 is 17.3 Å². The molecule has 0 aromatic carbocycles. The largest absolute Gasteiger partial charge is 0.480 e. The molecule has 66 valence electrons. The maximum Gasteiger partial charge on any atom is 0.323 e. The van der Waals surface area contributed by atoms with Crippen molar-refractivity contribution in [2.75, 3.05) is 0 Å². The lowest BCUT2D eigenvalue weighted by molar-refractivity contribution is -0.141. The number of aliphatic carboxylic acids is 1. The van der Waals surface area contributed by atoms with E-state index < -0.39 is 18.1 Å². The monoisotopic (exact) mass is 187 g/mol. The number of carboxylic acid groups (broad SMARTS) is 1. The number of hydrogen-bond acceptors (Lipinski definition) is 4. The number of thiophene rings is 1. The van der Waals surface area contributed by atoms with Gasteiger partial charge in [-0.15, -0.1) is 0 Å². The van der Waals surface area contributed by atoms with Crippen molar-refractivity contribution in [2.24, 2.45) is 5.73 Å². The lowest BCUT2D eigenvalue weighted by Gasteiger charge is -2.12. The van der Waals surface area contributed by atoms with Gasteiger partial charge in [-0.1, -0.05) is 0 Å². The smallest absolute Gasteiger partial charge is 0.323 e. The third kappa shape index (κ3) is 1.82. The molecular formula is C7H9NO3S. The molecule has 1 heterocycles. The van der Waals surface area contributed by atoms with Crippen molar-refractivity contribution in [3.8, 4) is 0 Å². The Kier molecular flexibility index (Phi) is 2.80. The fourth-order valence-electron chi connectivity index (χ4n) is 0.786. The van der Waals surface area contributed by atoms with Gasteiger partial charge in [0.2, 0.25) is 0 Å². The van der Waals surface area contributed by atoms with Gasteiger partial charge in [0, 0.05) is 0 Å². The first-order chi connectivity index (χ1) is 5.63. The highest BCUT2D eigenvalue weighted by Crippen LogP contribution is 2.18. The molecular weight excluding hydrogens is 178 g/mol. The van der Waals surface area contributed by atoms with Crippen molar-refractivity contribution in [2.45, 2.75) is 12.1 Å². The van der Waals surface area contributed by atoms with Crippen LogP contribution in [0.4, 0.5) is 0 Å². The van der Waals surface area contributed by atoms with E-state index in [1.807, 2.05) is 0 Å². The summed E-state index contributed by atoms with van der Waals surface area (Å²) in [5.41, 5.74) is 5.76. The molecule has 1 rings (SSSR count). The van der Waals surface area contributed by atoms with E-state index >= 15 is 0 Å². The van der Waals surface area contributed by atoms with Crippen LogP contribution in [0.1, 0.15) is 11.7 Å². The topological polar surface area (TPSA) is 83.6 Å². The second kappa shape index (κ2) is 3.66. The Morgan fingerprint density at radius 3 is 2.75 bits per heavy atom. The number of nitrogens with two attached hydrogens (primary N) is 1. The van der Waals surface area contributed by atoms with Gasteiger partial charge in [0.1, 0.15) is 12.1 Å². The zero-order valence-electron chi connectivity index (χ0n) is 6.18. The highest BCUT2D eigenvalue weighted by molar-refractivity contribution is 7.07. The minimum atomic E-state index is -1.25. The standard InChI is InChI=1S/C7H9NO3S/c8-5(7(10)11)6(9)4-1-2-12-3-4/h1-3,5-6,9H,8H2,(H,10,11). The molecule has 5 heteroatoms. The van der Waals surface area contributed by atoms with Crippen molar-refractivity contribution in [1.82, 2.24) is 0 Å². The minimum Gasteiger partial charge on any atom is -0.480 e. The number of carbonyl (C=O) groups is 1. The van der Waals surface area contributed by atoms with Gasteiger partial charge in [0.15, 0.2) is 0 Å². The summed E-state index contributed by atoms with van der Waals surface area (Å²) in [6, 6.07) is 0.401. The summed E-state index contributed by atoms with van der Waals surface area (Å²) >= 11 is 1.39. The molecule has 0 aliphatic heterocycles. The van der Waals surface area contributed by atoms with Crippen molar-refractivity contribution in [1.29, 1.82) is 0 Å². The van der Waals surface area contributed by atoms with Crippen molar-refractivity contribution in [3.05, 3.63) is 22.4 Å². The zero-order valence-corrected chi connectivity index (χ0v) is 6.99. The van der Waals surface area contributed by atoms with Gasteiger partial charge < -0.3 is 15.9 Å². The summed E-state index contributed by atoms with van der Waals surface area (Å²) in [7, 11) is 0. The fraction of sp³-hybridized carbons (Fsp3) is 0.286. The molecule has 12 heavy (non-hydrogen) atoms. The summed E-state index contributed by atoms with van der Waals surface area (Å²) in [6.07, 6.45) is -1.12. The van der Waals surface area contributed by atoms with E-state index in [2.05, 4.69) is 0 Å². The van der Waals surface area contributed by atoms with E-state index in [-0.39, 0.29) is 0 Å². The van der Waals surface area contributed by atoms with E-state index in [1.165, 1.54) is 11.3 Å². The van der Waals surface area contributed by atoms with E-state index in [1.54, 1.807) is 16.8 Å². The zero-order chi connectivity index (χ0) is 9.14. The highest BCUT2D eigenvalue weighted by Gasteiger charge is 2.23. The van der Waals surface area contributed by atoms with E-state index in [0.717, 1.165) is 0 Å². The van der Waals surface area contributed by atoms with Crippen LogP contribution >= 0.6 is 11.3 Å². The van der Waals surface area contributed by atoms with E-state index in [0.29, 0.717) is 5.56 Å². The van der Waals surface area contributed by atoms with Crippen molar-refractivity contribution in [3.63, 3.8) is 0 Å². The maximum atomic E-state index is 10.4. The van der Waals surface area contributed by atoms with Gasteiger partial charge in [-0.25, -0.2) is 0 Å². The number of aliphatic hydroxyl groups is 1. The normalized spacial score (nSPS) is 15.5. The molecule has 2 atom stereocenters. The Morgan fingerprint density at radius 1 is 1.67 bits per heavy atom. The Bertz CT molecular complexity index is 260. The fourth-order valence-corrected chi connectivity index (χ4v) is 1.48. The lowest BCUT2D eigenvalue weighted by Crippen LogP contribution is -2.36. The van der Waals surface area contributed by atoms with Gasteiger partial charge in [0.25, 0.3) is 0 Å². The second-order valence-electron chi connectivity index (χ2n) is 2.37. The van der Waals surface area contributed by atoms with Crippen LogP contribution in [0.2, 0.25) is 0 Å². The van der Waals surface area contributed by atoms with Crippen LogP contribution in [0, 0.1) is 0 Å². The van der Waals surface area contributed by atoms with E-state index in [4.69, 9.17) is 10.8 Å². The molecule has 0 bridgehead atoms. The van der Waals surface area contributed by atoms with Crippen LogP contribution in [0.5, 0.6) is 0 Å². The third-order valence-corrected chi connectivity index (χ3v) is 2.21. The third-order valence-electron chi connectivity index (χ3n) is 1.51. The summed E-state index contributed by atoms with van der Waals surface area (Å²) in [5.74, 6) is -1.20. The molecule has 0 aliphatic carbocycles. The first-order valence-electron chi connectivity index (χ1n) is 3.31. The molecule has 2 unspecified atom stereocenters. The molecule has 1 aromatic heterocycles. The average Bonchev–Trinajstić information content (AvgIpc) is 2.53. The summed E-state index contributed by atoms with van der Waals surface area (Å²) in [6.45, 7) is 0. The molecule has 4 nitrogen and oxygen atoms in total. The Labute approximate surface area is 73.3 Å². The first kappa shape index (κ1) is 9.18. The quantitative estimate of drug-likeness (QED) is 0.631. The number of carboxylic acids is 1. The number of hydrogen-bond donors (Lipinski definition) is 3. The molecule has 0 saturated carbocycles. The Balaban J connectivity index is 2.71. The number of aliphatic hydroxyl groups excluding tert-OH is 1. The van der Waals surface area contributed by atoms with Crippen LogP contribution in [0.25, 0.3) is 0 Å². The first-order valence-corrected chi connectivity index (χ1v) is 4.25. The molecule has 0 saturated heterocycles. The molecule has 0 amide bonds. The van der Waals surface area contributed by atoms with Gasteiger partial charge in [-0.2, -0.15) is 11.3 Å². The van der Waals surface area contributed by atoms with Crippen molar-refractivity contribution < 1.29 is 15.0 Å². The predicted octanol–water partition coefficient (Wildman–Crippen LogP) is 0.193. The molecule has 0 aliphatic rings. The van der Waals surface area contributed by atoms with Gasteiger partial charge in [-0.05, 0) is 22.4 Å². The highest BCUT2D eigenvalue weighted by atomic mass is 32.1. The van der Waals surface area contributed by atoms with Gasteiger partial charge in [-0.3, -0.25) is 4.79 Å². The number of rotatable bonds is 3. The van der Waals surface area contributed by atoms with Crippen LogP contribution in [-0.2, 0) is 4.79 Å². The molecule has 0 spiro atoms. The Morgan fingerprint density at radius 2 is 2.33 bits per heavy atom. The minimum absolute atomic E-state index is 0.551. The summed E-state index contributed by atoms with van der Waals surface area (Å²) in [5, 5.41) is 21.2. The summed E-state index contributed by atoms with van der Waals surface area (Å²) < 4.78 is 0. The van der Waals surface area contributed by atoms with Gasteiger partial charge in [0.05, 0.1) is 0 Å². The SMILES string of the molecule is NC(C(=O)O)C(O)c1ccsc1. The molecule has 1 aromatic rings. The second-order valence-corrected chi connectivity index (χ2v) is 3.15. The van der Waals surface area contributed by atoms with Gasteiger partial charge >= 0.3 is 5.97 Å². The molecule has 0 radical (unpaired) electrons.